The van der Waals surface area contributed by atoms with Gasteiger partial charge in [0.05, 0.1) is 11.3 Å². The van der Waals surface area contributed by atoms with Crippen LogP contribution in [0.3, 0.4) is 0 Å². The molecule has 116 valence electrons. The molecule has 0 unspecified atom stereocenters. The molecule has 0 radical (unpaired) electrons. The van der Waals surface area contributed by atoms with Crippen molar-refractivity contribution in [3.05, 3.63) is 77.3 Å². The number of para-hydroxylation sites is 1. The number of hydrogen-bond acceptors (Lipinski definition) is 2. The Morgan fingerprint density at radius 1 is 1.14 bits per heavy atom. The number of hydrogen-bond donors (Lipinski definition) is 0. The van der Waals surface area contributed by atoms with Gasteiger partial charge >= 0.3 is 0 Å². The molecule has 0 aliphatic rings. The van der Waals surface area contributed by atoms with E-state index in [9.17, 15) is 4.79 Å². The molecule has 22 heavy (non-hydrogen) atoms. The average molecular weight is 297 g/mol. The van der Waals surface area contributed by atoms with Crippen molar-refractivity contribution >= 4 is 0 Å². The van der Waals surface area contributed by atoms with Gasteiger partial charge in [-0.1, -0.05) is 30.4 Å². The van der Waals surface area contributed by atoms with Gasteiger partial charge in [-0.05, 0) is 19.1 Å². The van der Waals surface area contributed by atoms with Gasteiger partial charge in [0, 0.05) is 32.4 Å². The van der Waals surface area contributed by atoms with E-state index in [2.05, 4.69) is 18.1 Å². The highest BCUT2D eigenvalue weighted by Crippen LogP contribution is 2.12. The molecule has 0 saturated carbocycles. The monoisotopic (exact) mass is 297 g/mol. The first-order chi connectivity index (χ1) is 10.6. The molecule has 2 rings (SSSR count). The van der Waals surface area contributed by atoms with E-state index in [0.29, 0.717) is 6.54 Å². The van der Waals surface area contributed by atoms with E-state index in [4.69, 9.17) is 0 Å². The first kappa shape index (κ1) is 16.0. The lowest BCUT2D eigenvalue weighted by Gasteiger charge is -2.17. The minimum atomic E-state index is 0.0318. The molecule has 0 saturated heterocycles. The van der Waals surface area contributed by atoms with Crippen LogP contribution in [0.2, 0.25) is 0 Å². The van der Waals surface area contributed by atoms with E-state index in [1.165, 1.54) is 0 Å². The molecular formula is C18H23N3O. The Bertz CT molecular complexity index is 700. The highest BCUT2D eigenvalue weighted by Gasteiger charge is 2.17. The van der Waals surface area contributed by atoms with Gasteiger partial charge in [-0.2, -0.15) is 0 Å². The summed E-state index contributed by atoms with van der Waals surface area (Å²) in [7, 11) is 1.92. The third-order valence-corrected chi connectivity index (χ3v) is 3.83. The van der Waals surface area contributed by atoms with Gasteiger partial charge in [0.2, 0.25) is 0 Å². The molecule has 0 aliphatic heterocycles. The SMILES string of the molecule is C=CCN(CC=C)Cc1c(C)n(C)n(-c2ccccc2)c1=O. The number of benzene rings is 1. The summed E-state index contributed by atoms with van der Waals surface area (Å²) in [6.45, 7) is 11.6. The molecule has 1 aromatic heterocycles. The topological polar surface area (TPSA) is 30.2 Å². The summed E-state index contributed by atoms with van der Waals surface area (Å²) >= 11 is 0. The maximum absolute atomic E-state index is 12.8. The van der Waals surface area contributed by atoms with Crippen molar-refractivity contribution in [1.29, 1.82) is 0 Å². The van der Waals surface area contributed by atoms with Gasteiger partial charge in [0.15, 0.2) is 0 Å². The molecule has 1 heterocycles. The molecule has 0 spiro atoms. The maximum Gasteiger partial charge on any atom is 0.276 e. The van der Waals surface area contributed by atoms with Crippen molar-refractivity contribution in [3.63, 3.8) is 0 Å². The molecule has 0 atom stereocenters. The zero-order valence-corrected chi connectivity index (χ0v) is 13.3. The summed E-state index contributed by atoms with van der Waals surface area (Å²) in [5.74, 6) is 0. The molecule has 0 bridgehead atoms. The van der Waals surface area contributed by atoms with E-state index >= 15 is 0 Å². The normalized spacial score (nSPS) is 10.9. The van der Waals surface area contributed by atoms with Crippen LogP contribution in [0.15, 0.2) is 60.4 Å². The van der Waals surface area contributed by atoms with Crippen molar-refractivity contribution in [3.8, 4) is 5.69 Å². The third kappa shape index (κ3) is 3.12. The van der Waals surface area contributed by atoms with Gasteiger partial charge < -0.3 is 0 Å². The Morgan fingerprint density at radius 2 is 1.73 bits per heavy atom. The second-order valence-corrected chi connectivity index (χ2v) is 5.31. The van der Waals surface area contributed by atoms with Gasteiger partial charge in [0.1, 0.15) is 0 Å². The number of rotatable bonds is 7. The second-order valence-electron chi connectivity index (χ2n) is 5.31. The van der Waals surface area contributed by atoms with Crippen LogP contribution >= 0.6 is 0 Å². The summed E-state index contributed by atoms with van der Waals surface area (Å²) in [5, 5.41) is 0. The molecule has 4 heteroatoms. The predicted molar refractivity (Wildman–Crippen MR) is 91.4 cm³/mol. The second kappa shape index (κ2) is 7.09. The minimum absolute atomic E-state index is 0.0318. The molecule has 0 N–H and O–H groups in total. The Labute approximate surface area is 131 Å². The highest BCUT2D eigenvalue weighted by molar-refractivity contribution is 5.33. The molecule has 4 nitrogen and oxygen atoms in total. The van der Waals surface area contributed by atoms with Crippen molar-refractivity contribution in [2.75, 3.05) is 13.1 Å². The summed E-state index contributed by atoms with van der Waals surface area (Å²) < 4.78 is 3.62. The van der Waals surface area contributed by atoms with E-state index in [1.807, 2.05) is 61.1 Å². The quantitative estimate of drug-likeness (QED) is 0.736. The Kier molecular flexibility index (Phi) is 5.17. The van der Waals surface area contributed by atoms with Crippen LogP contribution in [-0.4, -0.2) is 27.4 Å². The predicted octanol–water partition coefficient (Wildman–Crippen LogP) is 2.66. The van der Waals surface area contributed by atoms with E-state index in [0.717, 1.165) is 30.0 Å². The lowest BCUT2D eigenvalue weighted by Crippen LogP contribution is -2.28. The Balaban J connectivity index is 2.44. The molecule has 0 amide bonds. The lowest BCUT2D eigenvalue weighted by molar-refractivity contribution is 0.326. The van der Waals surface area contributed by atoms with Crippen LogP contribution in [0, 0.1) is 6.92 Å². The smallest absolute Gasteiger partial charge is 0.276 e. The van der Waals surface area contributed by atoms with E-state index < -0.39 is 0 Å². The molecule has 0 aliphatic carbocycles. The zero-order valence-electron chi connectivity index (χ0n) is 13.3. The zero-order chi connectivity index (χ0) is 16.1. The van der Waals surface area contributed by atoms with E-state index in [1.54, 1.807) is 4.68 Å². The van der Waals surface area contributed by atoms with Crippen molar-refractivity contribution in [1.82, 2.24) is 14.3 Å². The van der Waals surface area contributed by atoms with Crippen LogP contribution in [0.5, 0.6) is 0 Å². The van der Waals surface area contributed by atoms with Crippen LogP contribution in [0.4, 0.5) is 0 Å². The number of nitrogens with zero attached hydrogens (tertiary/aromatic N) is 3. The van der Waals surface area contributed by atoms with Crippen molar-refractivity contribution < 1.29 is 0 Å². The summed E-state index contributed by atoms with van der Waals surface area (Å²) in [5.41, 5.74) is 2.70. The molecule has 1 aromatic carbocycles. The summed E-state index contributed by atoms with van der Waals surface area (Å²) in [6.07, 6.45) is 3.69. The summed E-state index contributed by atoms with van der Waals surface area (Å²) in [6, 6.07) is 9.70. The lowest BCUT2D eigenvalue weighted by atomic mass is 10.2. The van der Waals surface area contributed by atoms with E-state index in [-0.39, 0.29) is 5.56 Å². The average Bonchev–Trinajstić information content (AvgIpc) is 2.72. The van der Waals surface area contributed by atoms with Crippen molar-refractivity contribution in [2.24, 2.45) is 7.05 Å². The largest absolute Gasteiger partial charge is 0.292 e. The fraction of sp³-hybridized carbons (Fsp3) is 0.278. The van der Waals surface area contributed by atoms with Crippen LogP contribution in [0.1, 0.15) is 11.3 Å². The van der Waals surface area contributed by atoms with Gasteiger partial charge in [-0.3, -0.25) is 14.4 Å². The fourth-order valence-corrected chi connectivity index (χ4v) is 2.60. The standard InChI is InChI=1S/C18H23N3O/c1-5-12-20(13-6-2)14-17-15(3)19(4)21(18(17)22)16-10-8-7-9-11-16/h5-11H,1-2,12-14H2,3-4H3. The van der Waals surface area contributed by atoms with Crippen LogP contribution in [-0.2, 0) is 13.6 Å². The van der Waals surface area contributed by atoms with Crippen molar-refractivity contribution in [2.45, 2.75) is 13.5 Å². The minimum Gasteiger partial charge on any atom is -0.292 e. The fourth-order valence-electron chi connectivity index (χ4n) is 2.60. The third-order valence-electron chi connectivity index (χ3n) is 3.83. The molecular weight excluding hydrogens is 274 g/mol. The Hall–Kier alpha value is -2.33. The molecule has 2 aromatic rings. The highest BCUT2D eigenvalue weighted by atomic mass is 16.1. The van der Waals surface area contributed by atoms with Crippen LogP contribution < -0.4 is 5.56 Å². The first-order valence-corrected chi connectivity index (χ1v) is 7.37. The van der Waals surface area contributed by atoms with Gasteiger partial charge in [0.25, 0.3) is 5.56 Å². The first-order valence-electron chi connectivity index (χ1n) is 7.37. The van der Waals surface area contributed by atoms with Gasteiger partial charge in [-0.15, -0.1) is 13.2 Å². The van der Waals surface area contributed by atoms with Crippen LogP contribution in [0.25, 0.3) is 5.69 Å². The molecule has 0 fully saturated rings. The Morgan fingerprint density at radius 3 is 2.27 bits per heavy atom. The maximum atomic E-state index is 12.8. The number of aromatic nitrogens is 2. The van der Waals surface area contributed by atoms with Gasteiger partial charge in [-0.25, -0.2) is 4.68 Å². The summed E-state index contributed by atoms with van der Waals surface area (Å²) in [4.78, 5) is 15.0.